The van der Waals surface area contributed by atoms with Gasteiger partial charge in [0.1, 0.15) is 11.6 Å². The molecule has 0 unspecified atom stereocenters. The van der Waals surface area contributed by atoms with Crippen LogP contribution in [0.5, 0.6) is 0 Å². The Kier molecular flexibility index (Phi) is 5.50. The molecule has 0 saturated carbocycles. The van der Waals surface area contributed by atoms with Gasteiger partial charge in [0, 0.05) is 61.9 Å². The van der Waals surface area contributed by atoms with Crippen molar-refractivity contribution in [2.75, 3.05) is 43.4 Å². The van der Waals surface area contributed by atoms with Crippen molar-refractivity contribution in [3.05, 3.63) is 59.6 Å². The van der Waals surface area contributed by atoms with Crippen molar-refractivity contribution in [1.29, 1.82) is 0 Å². The Bertz CT molecular complexity index is 1280. The third-order valence-electron chi connectivity index (χ3n) is 5.55. The minimum atomic E-state index is -0.206. The van der Waals surface area contributed by atoms with E-state index < -0.39 is 0 Å². The average Bonchev–Trinajstić information content (AvgIpc) is 3.25. The lowest BCUT2D eigenvalue weighted by molar-refractivity contribution is 0.102. The highest BCUT2D eigenvalue weighted by molar-refractivity contribution is 7.15. The number of hydrogen-bond donors (Lipinski definition) is 1. The molecule has 0 spiro atoms. The maximum absolute atomic E-state index is 12.9. The van der Waals surface area contributed by atoms with Crippen LogP contribution in [-0.2, 0) is 0 Å². The molecule has 9 heteroatoms. The molecular formula is C23H23N7OS. The van der Waals surface area contributed by atoms with Crippen molar-refractivity contribution in [2.24, 2.45) is 0 Å². The third kappa shape index (κ3) is 4.30. The Morgan fingerprint density at radius 3 is 2.56 bits per heavy atom. The molecule has 5 rings (SSSR count). The van der Waals surface area contributed by atoms with E-state index in [4.69, 9.17) is 0 Å². The SMILES string of the molecule is Cc1ncc(-c2cc3cc(NC(=O)c4ccnc(N5CCN(C)CC5)c4)ncc3cn2)s1. The first-order valence-corrected chi connectivity index (χ1v) is 11.3. The van der Waals surface area contributed by atoms with Gasteiger partial charge in [-0.1, -0.05) is 0 Å². The fourth-order valence-electron chi connectivity index (χ4n) is 3.68. The van der Waals surface area contributed by atoms with E-state index in [1.807, 2.05) is 31.3 Å². The van der Waals surface area contributed by atoms with Gasteiger partial charge in [0.15, 0.2) is 0 Å². The molecule has 0 radical (unpaired) electrons. The molecule has 5 heterocycles. The Balaban J connectivity index is 1.36. The summed E-state index contributed by atoms with van der Waals surface area (Å²) in [6, 6.07) is 7.44. The minimum absolute atomic E-state index is 0.206. The number of thiazole rings is 1. The third-order valence-corrected chi connectivity index (χ3v) is 6.49. The first-order chi connectivity index (χ1) is 15.5. The molecule has 4 aromatic rings. The molecule has 1 amide bonds. The van der Waals surface area contributed by atoms with Crippen LogP contribution in [0.2, 0.25) is 0 Å². The van der Waals surface area contributed by atoms with Crippen LogP contribution < -0.4 is 10.2 Å². The van der Waals surface area contributed by atoms with Crippen LogP contribution in [0.25, 0.3) is 21.3 Å². The number of anilines is 2. The molecule has 0 aromatic carbocycles. The number of carbonyl (C=O) groups excluding carboxylic acids is 1. The molecule has 0 aliphatic carbocycles. The highest BCUT2D eigenvalue weighted by Gasteiger charge is 2.17. The Morgan fingerprint density at radius 2 is 1.78 bits per heavy atom. The highest BCUT2D eigenvalue weighted by atomic mass is 32.1. The van der Waals surface area contributed by atoms with Gasteiger partial charge in [-0.05, 0) is 43.6 Å². The number of aryl methyl sites for hydroxylation is 1. The van der Waals surface area contributed by atoms with Gasteiger partial charge in [0.25, 0.3) is 5.91 Å². The zero-order chi connectivity index (χ0) is 22.1. The van der Waals surface area contributed by atoms with Gasteiger partial charge < -0.3 is 15.1 Å². The predicted octanol–water partition coefficient (Wildman–Crippen LogP) is 3.46. The number of amides is 1. The van der Waals surface area contributed by atoms with Crippen LogP contribution in [0, 0.1) is 6.92 Å². The van der Waals surface area contributed by atoms with Gasteiger partial charge in [0.2, 0.25) is 0 Å². The maximum Gasteiger partial charge on any atom is 0.257 e. The monoisotopic (exact) mass is 445 g/mol. The molecule has 1 saturated heterocycles. The van der Waals surface area contributed by atoms with Crippen molar-refractivity contribution in [3.63, 3.8) is 0 Å². The summed E-state index contributed by atoms with van der Waals surface area (Å²) >= 11 is 1.60. The second kappa shape index (κ2) is 8.60. The number of likely N-dealkylation sites (N-methyl/N-ethyl adjacent to an activating group) is 1. The first-order valence-electron chi connectivity index (χ1n) is 10.4. The molecule has 4 aromatic heterocycles. The van der Waals surface area contributed by atoms with Crippen LogP contribution in [0.4, 0.5) is 11.6 Å². The van der Waals surface area contributed by atoms with Crippen LogP contribution in [0.1, 0.15) is 15.4 Å². The Morgan fingerprint density at radius 1 is 0.969 bits per heavy atom. The number of nitrogens with zero attached hydrogens (tertiary/aromatic N) is 6. The average molecular weight is 446 g/mol. The van der Waals surface area contributed by atoms with Crippen LogP contribution in [0.3, 0.4) is 0 Å². The molecular weight excluding hydrogens is 422 g/mol. The zero-order valence-corrected chi connectivity index (χ0v) is 18.8. The van der Waals surface area contributed by atoms with E-state index in [1.54, 1.807) is 36.0 Å². The summed E-state index contributed by atoms with van der Waals surface area (Å²) in [6.45, 7) is 5.74. The fourth-order valence-corrected chi connectivity index (χ4v) is 4.42. The number of hydrogen-bond acceptors (Lipinski definition) is 8. The number of rotatable bonds is 4. The number of pyridine rings is 3. The molecule has 0 atom stereocenters. The molecule has 1 aliphatic rings. The first kappa shape index (κ1) is 20.5. The van der Waals surface area contributed by atoms with Gasteiger partial charge in [0.05, 0.1) is 15.6 Å². The van der Waals surface area contributed by atoms with Crippen LogP contribution in [0.15, 0.2) is 49.1 Å². The molecule has 1 fully saturated rings. The predicted molar refractivity (Wildman–Crippen MR) is 127 cm³/mol. The quantitative estimate of drug-likeness (QED) is 0.515. The van der Waals surface area contributed by atoms with E-state index >= 15 is 0 Å². The zero-order valence-electron chi connectivity index (χ0n) is 17.9. The standard InChI is InChI=1S/C23H23N7OS/c1-15-25-14-20(32-15)19-9-17-10-21(27-13-18(17)12-26-19)28-23(31)16-3-4-24-22(11-16)30-7-5-29(2)6-8-30/h3-4,9-14H,5-8H2,1-2H3,(H,27,28,31). The number of nitrogens with one attached hydrogen (secondary N) is 1. The highest BCUT2D eigenvalue weighted by Crippen LogP contribution is 2.27. The van der Waals surface area contributed by atoms with Crippen molar-refractivity contribution in [2.45, 2.75) is 6.92 Å². The summed E-state index contributed by atoms with van der Waals surface area (Å²) in [7, 11) is 2.11. The van der Waals surface area contributed by atoms with Crippen LogP contribution >= 0.6 is 11.3 Å². The maximum atomic E-state index is 12.9. The second-order valence-electron chi connectivity index (χ2n) is 7.88. The number of piperazine rings is 1. The largest absolute Gasteiger partial charge is 0.354 e. The van der Waals surface area contributed by atoms with Crippen molar-refractivity contribution >= 4 is 39.7 Å². The summed E-state index contributed by atoms with van der Waals surface area (Å²) in [4.78, 5) is 36.1. The summed E-state index contributed by atoms with van der Waals surface area (Å²) in [6.07, 6.45) is 7.04. The lowest BCUT2D eigenvalue weighted by atomic mass is 10.2. The van der Waals surface area contributed by atoms with Gasteiger partial charge in [-0.3, -0.25) is 9.78 Å². The smallest absolute Gasteiger partial charge is 0.257 e. The normalized spacial score (nSPS) is 14.6. The van der Waals surface area contributed by atoms with Gasteiger partial charge >= 0.3 is 0 Å². The molecule has 162 valence electrons. The van der Waals surface area contributed by atoms with Gasteiger partial charge in [-0.25, -0.2) is 15.0 Å². The summed E-state index contributed by atoms with van der Waals surface area (Å²) in [5.41, 5.74) is 1.42. The second-order valence-corrected chi connectivity index (χ2v) is 9.11. The van der Waals surface area contributed by atoms with E-state index in [0.717, 1.165) is 58.3 Å². The number of fused-ring (bicyclic) bond motifs is 1. The molecule has 1 N–H and O–H groups in total. The minimum Gasteiger partial charge on any atom is -0.354 e. The van der Waals surface area contributed by atoms with E-state index in [1.165, 1.54) is 0 Å². The Hall–Kier alpha value is -3.43. The van der Waals surface area contributed by atoms with Crippen LogP contribution in [-0.4, -0.2) is 64.0 Å². The molecule has 1 aliphatic heterocycles. The van der Waals surface area contributed by atoms with E-state index in [2.05, 4.69) is 42.1 Å². The van der Waals surface area contributed by atoms with E-state index in [-0.39, 0.29) is 5.91 Å². The Labute approximate surface area is 190 Å². The van der Waals surface area contributed by atoms with Crippen molar-refractivity contribution in [3.8, 4) is 10.6 Å². The summed E-state index contributed by atoms with van der Waals surface area (Å²) in [5, 5.41) is 5.78. The summed E-state index contributed by atoms with van der Waals surface area (Å²) in [5.74, 6) is 1.12. The molecule has 8 nitrogen and oxygen atoms in total. The lowest BCUT2D eigenvalue weighted by Crippen LogP contribution is -2.44. The number of carbonyl (C=O) groups is 1. The summed E-state index contributed by atoms with van der Waals surface area (Å²) < 4.78 is 0. The molecule has 32 heavy (non-hydrogen) atoms. The topological polar surface area (TPSA) is 87.1 Å². The lowest BCUT2D eigenvalue weighted by Gasteiger charge is -2.33. The number of aromatic nitrogens is 4. The van der Waals surface area contributed by atoms with E-state index in [9.17, 15) is 4.79 Å². The van der Waals surface area contributed by atoms with Crippen molar-refractivity contribution in [1.82, 2.24) is 24.8 Å². The molecule has 0 bridgehead atoms. The van der Waals surface area contributed by atoms with Gasteiger partial charge in [-0.15, -0.1) is 11.3 Å². The fraction of sp³-hybridized carbons (Fsp3) is 0.261. The van der Waals surface area contributed by atoms with E-state index in [0.29, 0.717) is 11.4 Å². The van der Waals surface area contributed by atoms with Gasteiger partial charge in [-0.2, -0.15) is 0 Å². The van der Waals surface area contributed by atoms with Crippen molar-refractivity contribution < 1.29 is 4.79 Å².